The topological polar surface area (TPSA) is 59.4 Å². The predicted octanol–water partition coefficient (Wildman–Crippen LogP) is 3.93. The molecule has 0 atom stereocenters. The van der Waals surface area contributed by atoms with E-state index in [2.05, 4.69) is 19.8 Å². The fraction of sp³-hybridized carbons (Fsp3) is 0.583. The van der Waals surface area contributed by atoms with Crippen molar-refractivity contribution < 1.29 is 9.53 Å². The molecule has 6 nitrogen and oxygen atoms in total. The number of piperidine rings is 1. The molecule has 2 fully saturated rings. The van der Waals surface area contributed by atoms with Crippen LogP contribution >= 0.6 is 0 Å². The number of amides is 1. The van der Waals surface area contributed by atoms with Crippen LogP contribution in [0.15, 0.2) is 36.8 Å². The summed E-state index contributed by atoms with van der Waals surface area (Å²) in [4.78, 5) is 19.5. The van der Waals surface area contributed by atoms with Crippen molar-refractivity contribution in [1.29, 1.82) is 0 Å². The van der Waals surface area contributed by atoms with Gasteiger partial charge < -0.3 is 14.6 Å². The largest absolute Gasteiger partial charge is 0.497 e. The van der Waals surface area contributed by atoms with Gasteiger partial charge in [0.05, 0.1) is 19.1 Å². The Bertz CT molecular complexity index is 803. The van der Waals surface area contributed by atoms with Gasteiger partial charge in [-0.1, -0.05) is 31.4 Å². The summed E-state index contributed by atoms with van der Waals surface area (Å²) in [5.74, 6) is 1.13. The average Bonchev–Trinajstić information content (AvgIpc) is 3.27. The molecule has 1 aromatic heterocycles. The van der Waals surface area contributed by atoms with Crippen LogP contribution in [-0.4, -0.2) is 40.6 Å². The zero-order chi connectivity index (χ0) is 20.8. The van der Waals surface area contributed by atoms with Gasteiger partial charge in [0.2, 0.25) is 5.91 Å². The molecule has 4 rings (SSSR count). The maximum atomic E-state index is 12.6. The van der Waals surface area contributed by atoms with Gasteiger partial charge in [0.15, 0.2) is 0 Å². The van der Waals surface area contributed by atoms with Gasteiger partial charge in [-0.05, 0) is 56.5 Å². The second-order valence-electron chi connectivity index (χ2n) is 8.70. The molecule has 162 valence electrons. The first-order chi connectivity index (χ1) is 14.7. The minimum Gasteiger partial charge on any atom is -0.497 e. The molecule has 1 N–H and O–H groups in total. The Labute approximate surface area is 179 Å². The molecule has 0 spiro atoms. The number of nitrogens with zero attached hydrogens (tertiary/aromatic N) is 3. The summed E-state index contributed by atoms with van der Waals surface area (Å²) in [5, 5.41) is 3.11. The number of aromatic nitrogens is 2. The standard InChI is InChI=1S/C24H34N4O2/c1-30-23-9-7-19(8-10-23)15-26-24(29)20-11-13-27(14-12-20)17-22-16-25-18-28(22)21-5-3-2-4-6-21/h7-10,16,18,20-21H,2-6,11-15,17H2,1H3,(H,26,29). The Morgan fingerprint density at radius 2 is 1.83 bits per heavy atom. The third kappa shape index (κ3) is 5.22. The second-order valence-corrected chi connectivity index (χ2v) is 8.70. The molecule has 2 aliphatic rings. The molecule has 1 saturated heterocycles. The summed E-state index contributed by atoms with van der Waals surface area (Å²) in [6.45, 7) is 3.45. The van der Waals surface area contributed by atoms with Crippen molar-refractivity contribution in [2.24, 2.45) is 5.92 Å². The Hall–Kier alpha value is -2.34. The highest BCUT2D eigenvalue weighted by Gasteiger charge is 2.26. The number of carbonyl (C=O) groups excluding carboxylic acids is 1. The van der Waals surface area contributed by atoms with E-state index >= 15 is 0 Å². The van der Waals surface area contributed by atoms with Crippen LogP contribution in [0.5, 0.6) is 5.75 Å². The third-order valence-corrected chi connectivity index (χ3v) is 6.68. The summed E-state index contributed by atoms with van der Waals surface area (Å²) in [5.41, 5.74) is 2.42. The Morgan fingerprint density at radius 3 is 2.53 bits per heavy atom. The molecular formula is C24H34N4O2. The molecule has 6 heteroatoms. The highest BCUT2D eigenvalue weighted by molar-refractivity contribution is 5.78. The van der Waals surface area contributed by atoms with E-state index in [1.807, 2.05) is 36.8 Å². The SMILES string of the molecule is COc1ccc(CNC(=O)C2CCN(Cc3cncn3C3CCCCC3)CC2)cc1. The maximum absolute atomic E-state index is 12.6. The highest BCUT2D eigenvalue weighted by atomic mass is 16.5. The number of hydrogen-bond acceptors (Lipinski definition) is 4. The van der Waals surface area contributed by atoms with E-state index in [4.69, 9.17) is 4.74 Å². The molecule has 2 aromatic rings. The van der Waals surface area contributed by atoms with E-state index in [1.165, 1.54) is 37.8 Å². The Morgan fingerprint density at radius 1 is 1.10 bits per heavy atom. The zero-order valence-electron chi connectivity index (χ0n) is 18.1. The quantitative estimate of drug-likeness (QED) is 0.751. The second kappa shape index (κ2) is 10.1. The van der Waals surface area contributed by atoms with Crippen molar-refractivity contribution in [2.75, 3.05) is 20.2 Å². The van der Waals surface area contributed by atoms with Gasteiger partial charge in [-0.15, -0.1) is 0 Å². The minimum absolute atomic E-state index is 0.114. The summed E-state index contributed by atoms with van der Waals surface area (Å²) in [6.07, 6.45) is 12.5. The highest BCUT2D eigenvalue weighted by Crippen LogP contribution is 2.29. The van der Waals surface area contributed by atoms with Crippen molar-refractivity contribution in [1.82, 2.24) is 19.8 Å². The normalized spacial score (nSPS) is 19.0. The van der Waals surface area contributed by atoms with E-state index in [0.717, 1.165) is 43.8 Å². The zero-order valence-corrected chi connectivity index (χ0v) is 18.1. The number of benzene rings is 1. The first-order valence-corrected chi connectivity index (χ1v) is 11.4. The van der Waals surface area contributed by atoms with Gasteiger partial charge >= 0.3 is 0 Å². The molecular weight excluding hydrogens is 376 g/mol. The lowest BCUT2D eigenvalue weighted by Crippen LogP contribution is -2.40. The van der Waals surface area contributed by atoms with Crippen molar-refractivity contribution in [2.45, 2.75) is 64.1 Å². The fourth-order valence-electron chi connectivity index (χ4n) is 4.80. The van der Waals surface area contributed by atoms with E-state index in [1.54, 1.807) is 7.11 Å². The molecule has 0 unspecified atom stereocenters. The number of likely N-dealkylation sites (tertiary alicyclic amines) is 1. The van der Waals surface area contributed by atoms with Crippen LogP contribution in [0, 0.1) is 5.92 Å². The number of nitrogens with one attached hydrogen (secondary N) is 1. The van der Waals surface area contributed by atoms with Gasteiger partial charge in [0.1, 0.15) is 5.75 Å². The first-order valence-electron chi connectivity index (χ1n) is 11.4. The predicted molar refractivity (Wildman–Crippen MR) is 117 cm³/mol. The monoisotopic (exact) mass is 410 g/mol. The lowest BCUT2D eigenvalue weighted by Gasteiger charge is -2.32. The van der Waals surface area contributed by atoms with E-state index in [-0.39, 0.29) is 11.8 Å². The molecule has 1 aliphatic heterocycles. The van der Waals surface area contributed by atoms with Gasteiger partial charge in [-0.3, -0.25) is 9.69 Å². The maximum Gasteiger partial charge on any atom is 0.223 e. The molecule has 2 heterocycles. The van der Waals surface area contributed by atoms with E-state index in [0.29, 0.717) is 12.6 Å². The average molecular weight is 411 g/mol. The number of ether oxygens (including phenoxy) is 1. The van der Waals surface area contributed by atoms with Crippen molar-refractivity contribution in [3.8, 4) is 5.75 Å². The number of methoxy groups -OCH3 is 1. The van der Waals surface area contributed by atoms with Gasteiger partial charge in [-0.2, -0.15) is 0 Å². The van der Waals surface area contributed by atoms with Crippen LogP contribution in [-0.2, 0) is 17.9 Å². The number of carbonyl (C=O) groups is 1. The van der Waals surface area contributed by atoms with Crippen LogP contribution in [0.1, 0.15) is 62.2 Å². The van der Waals surface area contributed by atoms with Gasteiger partial charge in [0.25, 0.3) is 0 Å². The van der Waals surface area contributed by atoms with Crippen molar-refractivity contribution in [3.63, 3.8) is 0 Å². The van der Waals surface area contributed by atoms with Crippen LogP contribution < -0.4 is 10.1 Å². The Kier molecular flexibility index (Phi) is 7.05. The minimum atomic E-state index is 0.114. The van der Waals surface area contributed by atoms with Gasteiger partial charge in [-0.25, -0.2) is 4.98 Å². The summed E-state index contributed by atoms with van der Waals surface area (Å²) in [6, 6.07) is 8.47. The first kappa shape index (κ1) is 20.9. The Balaban J connectivity index is 1.23. The van der Waals surface area contributed by atoms with E-state index in [9.17, 15) is 4.79 Å². The van der Waals surface area contributed by atoms with Crippen LogP contribution in [0.2, 0.25) is 0 Å². The lowest BCUT2D eigenvalue weighted by molar-refractivity contribution is -0.126. The molecule has 1 amide bonds. The molecule has 1 aromatic carbocycles. The number of hydrogen-bond donors (Lipinski definition) is 1. The number of imidazole rings is 1. The molecule has 0 radical (unpaired) electrons. The van der Waals surface area contributed by atoms with Crippen LogP contribution in [0.3, 0.4) is 0 Å². The molecule has 1 aliphatic carbocycles. The number of rotatable bonds is 7. The lowest BCUT2D eigenvalue weighted by atomic mass is 9.94. The smallest absolute Gasteiger partial charge is 0.223 e. The molecule has 30 heavy (non-hydrogen) atoms. The van der Waals surface area contributed by atoms with Crippen molar-refractivity contribution in [3.05, 3.63) is 48.0 Å². The van der Waals surface area contributed by atoms with E-state index < -0.39 is 0 Å². The fourth-order valence-corrected chi connectivity index (χ4v) is 4.80. The van der Waals surface area contributed by atoms with Gasteiger partial charge in [0, 0.05) is 31.2 Å². The molecule has 0 bridgehead atoms. The summed E-state index contributed by atoms with van der Waals surface area (Å²) >= 11 is 0. The van der Waals surface area contributed by atoms with Crippen LogP contribution in [0.25, 0.3) is 0 Å². The van der Waals surface area contributed by atoms with Crippen LogP contribution in [0.4, 0.5) is 0 Å². The summed E-state index contributed by atoms with van der Waals surface area (Å²) in [7, 11) is 1.66. The summed E-state index contributed by atoms with van der Waals surface area (Å²) < 4.78 is 7.59. The van der Waals surface area contributed by atoms with Crippen molar-refractivity contribution >= 4 is 5.91 Å². The third-order valence-electron chi connectivity index (χ3n) is 6.68. The molecule has 1 saturated carbocycles.